The fourth-order valence-electron chi connectivity index (χ4n) is 2.45. The van der Waals surface area contributed by atoms with E-state index in [-0.39, 0.29) is 0 Å². The number of anilines is 1. The van der Waals surface area contributed by atoms with Crippen molar-refractivity contribution in [3.05, 3.63) is 17.6 Å². The van der Waals surface area contributed by atoms with Crippen LogP contribution >= 0.6 is 0 Å². The summed E-state index contributed by atoms with van der Waals surface area (Å²) in [6, 6.07) is 0. The highest BCUT2D eigenvalue weighted by molar-refractivity contribution is 5.46. The maximum atomic E-state index is 5.44. The Bertz CT molecular complexity index is 399. The third-order valence-corrected chi connectivity index (χ3v) is 3.56. The summed E-state index contributed by atoms with van der Waals surface area (Å²) in [4.78, 5) is 8.76. The lowest BCUT2D eigenvalue weighted by Gasteiger charge is -2.17. The Hall–Kier alpha value is -1.20. The smallest absolute Gasteiger partial charge is 0.132 e. The first kappa shape index (κ1) is 15.2. The van der Waals surface area contributed by atoms with Gasteiger partial charge in [-0.15, -0.1) is 0 Å². The lowest BCUT2D eigenvalue weighted by atomic mass is 9.96. The monoisotopic (exact) mass is 279 g/mol. The van der Waals surface area contributed by atoms with Crippen LogP contribution in [0.25, 0.3) is 0 Å². The van der Waals surface area contributed by atoms with E-state index < -0.39 is 0 Å². The van der Waals surface area contributed by atoms with Gasteiger partial charge in [-0.3, -0.25) is 0 Å². The minimum Gasteiger partial charge on any atom is -0.382 e. The summed E-state index contributed by atoms with van der Waals surface area (Å²) in [5.41, 5.74) is 2.56. The van der Waals surface area contributed by atoms with Crippen molar-refractivity contribution in [3.8, 4) is 0 Å². The summed E-state index contributed by atoms with van der Waals surface area (Å²) in [6.45, 7) is 3.10. The minimum absolute atomic E-state index is 0.672. The van der Waals surface area contributed by atoms with E-state index in [1.807, 2.05) is 0 Å². The van der Waals surface area contributed by atoms with Crippen LogP contribution in [0.4, 0.5) is 5.82 Å². The number of nitrogens with zero attached hydrogens (tertiary/aromatic N) is 2. The first-order valence-electron chi connectivity index (χ1n) is 7.55. The summed E-state index contributed by atoms with van der Waals surface area (Å²) >= 11 is 0. The molecule has 20 heavy (non-hydrogen) atoms. The molecular weight excluding hydrogens is 254 g/mol. The van der Waals surface area contributed by atoms with E-state index in [0.717, 1.165) is 44.7 Å². The molecule has 112 valence electrons. The zero-order chi connectivity index (χ0) is 14.0. The molecule has 1 aliphatic rings. The molecule has 0 unspecified atom stereocenters. The second-order valence-electron chi connectivity index (χ2n) is 5.09. The van der Waals surface area contributed by atoms with Crippen LogP contribution in [0.3, 0.4) is 0 Å². The molecule has 0 aliphatic heterocycles. The van der Waals surface area contributed by atoms with Crippen LogP contribution in [0.15, 0.2) is 6.33 Å². The molecule has 1 aliphatic carbocycles. The molecule has 0 amide bonds. The molecule has 0 aromatic carbocycles. The van der Waals surface area contributed by atoms with Gasteiger partial charge in [-0.2, -0.15) is 0 Å². The van der Waals surface area contributed by atoms with Crippen LogP contribution < -0.4 is 5.32 Å². The molecule has 1 heterocycles. The van der Waals surface area contributed by atoms with Gasteiger partial charge in [0.25, 0.3) is 0 Å². The highest BCUT2D eigenvalue weighted by Gasteiger charge is 2.14. The van der Waals surface area contributed by atoms with Gasteiger partial charge in [-0.1, -0.05) is 0 Å². The quantitative estimate of drug-likeness (QED) is 0.702. The van der Waals surface area contributed by atoms with Gasteiger partial charge in [0.15, 0.2) is 0 Å². The summed E-state index contributed by atoms with van der Waals surface area (Å²) in [5, 5.41) is 3.44. The van der Waals surface area contributed by atoms with Crippen molar-refractivity contribution in [3.63, 3.8) is 0 Å². The zero-order valence-electron chi connectivity index (χ0n) is 12.4. The van der Waals surface area contributed by atoms with Crippen LogP contribution in [-0.2, 0) is 22.3 Å². The standard InChI is InChI=1S/C15H25N3O2/c1-19-10-11-20-9-5-4-8-16-15-13-6-2-3-7-14(13)17-12-18-15/h12H,2-11H2,1H3,(H,16,17,18). The summed E-state index contributed by atoms with van der Waals surface area (Å²) in [6.07, 6.45) is 8.54. The Labute approximate surface area is 121 Å². The van der Waals surface area contributed by atoms with E-state index >= 15 is 0 Å². The number of unbranched alkanes of at least 4 members (excludes halogenated alkanes) is 1. The Kier molecular flexibility index (Phi) is 6.74. The molecule has 0 radical (unpaired) electrons. The van der Waals surface area contributed by atoms with Crippen molar-refractivity contribution in [2.75, 3.05) is 38.8 Å². The first-order valence-corrected chi connectivity index (χ1v) is 7.55. The molecule has 0 saturated carbocycles. The fourth-order valence-corrected chi connectivity index (χ4v) is 2.45. The molecule has 1 N–H and O–H groups in total. The average molecular weight is 279 g/mol. The molecule has 0 atom stereocenters. The van der Waals surface area contributed by atoms with E-state index in [2.05, 4.69) is 15.3 Å². The molecule has 0 saturated heterocycles. The lowest BCUT2D eigenvalue weighted by molar-refractivity contribution is 0.0691. The van der Waals surface area contributed by atoms with Crippen LogP contribution in [0.1, 0.15) is 36.9 Å². The van der Waals surface area contributed by atoms with Crippen molar-refractivity contribution in [2.45, 2.75) is 38.5 Å². The molecule has 2 rings (SSSR count). The van der Waals surface area contributed by atoms with Crippen molar-refractivity contribution in [2.24, 2.45) is 0 Å². The van der Waals surface area contributed by atoms with Crippen LogP contribution in [0.2, 0.25) is 0 Å². The van der Waals surface area contributed by atoms with Gasteiger partial charge >= 0.3 is 0 Å². The van der Waals surface area contributed by atoms with E-state index in [4.69, 9.17) is 9.47 Å². The Balaban J connectivity index is 1.64. The molecule has 0 spiro atoms. The normalized spacial score (nSPS) is 14.1. The fraction of sp³-hybridized carbons (Fsp3) is 0.733. The molecule has 1 aromatic rings. The molecule has 5 heteroatoms. The number of hydrogen-bond donors (Lipinski definition) is 1. The van der Waals surface area contributed by atoms with Crippen LogP contribution in [0.5, 0.6) is 0 Å². The summed E-state index contributed by atoms with van der Waals surface area (Å²) < 4.78 is 10.4. The lowest BCUT2D eigenvalue weighted by Crippen LogP contribution is -2.13. The van der Waals surface area contributed by atoms with Gasteiger partial charge in [0.05, 0.1) is 13.2 Å². The maximum absolute atomic E-state index is 5.44. The molecule has 5 nitrogen and oxygen atoms in total. The zero-order valence-corrected chi connectivity index (χ0v) is 12.4. The predicted molar refractivity (Wildman–Crippen MR) is 79.1 cm³/mol. The third kappa shape index (κ3) is 4.72. The van der Waals surface area contributed by atoms with Crippen molar-refractivity contribution < 1.29 is 9.47 Å². The summed E-state index contributed by atoms with van der Waals surface area (Å²) in [7, 11) is 1.69. The number of hydrogen-bond acceptors (Lipinski definition) is 5. The number of ether oxygens (including phenoxy) is 2. The largest absolute Gasteiger partial charge is 0.382 e. The van der Waals surface area contributed by atoms with Gasteiger partial charge in [-0.05, 0) is 38.5 Å². The van der Waals surface area contributed by atoms with Gasteiger partial charge in [-0.25, -0.2) is 9.97 Å². The minimum atomic E-state index is 0.672. The second kappa shape index (κ2) is 8.87. The molecule has 0 fully saturated rings. The molecule has 0 bridgehead atoms. The number of methoxy groups -OCH3 is 1. The van der Waals surface area contributed by atoms with Gasteiger partial charge < -0.3 is 14.8 Å². The average Bonchev–Trinajstić information content (AvgIpc) is 2.50. The SMILES string of the molecule is COCCOCCCCNc1ncnc2c1CCCC2. The Morgan fingerprint density at radius 2 is 2.00 bits per heavy atom. The maximum Gasteiger partial charge on any atom is 0.132 e. The highest BCUT2D eigenvalue weighted by Crippen LogP contribution is 2.24. The van der Waals surface area contributed by atoms with Crippen LogP contribution in [-0.4, -0.2) is 43.4 Å². The van der Waals surface area contributed by atoms with E-state index in [0.29, 0.717) is 13.2 Å². The van der Waals surface area contributed by atoms with E-state index in [1.54, 1.807) is 13.4 Å². The second-order valence-corrected chi connectivity index (χ2v) is 5.09. The first-order chi connectivity index (χ1) is 9.92. The molecule has 1 aromatic heterocycles. The molecular formula is C15H25N3O2. The number of rotatable bonds is 9. The van der Waals surface area contributed by atoms with Gasteiger partial charge in [0.2, 0.25) is 0 Å². The number of aromatic nitrogens is 2. The Morgan fingerprint density at radius 1 is 1.10 bits per heavy atom. The van der Waals surface area contributed by atoms with Crippen molar-refractivity contribution >= 4 is 5.82 Å². The number of nitrogens with one attached hydrogen (secondary N) is 1. The van der Waals surface area contributed by atoms with Crippen molar-refractivity contribution in [1.29, 1.82) is 0 Å². The number of aryl methyl sites for hydroxylation is 1. The van der Waals surface area contributed by atoms with Gasteiger partial charge in [0.1, 0.15) is 12.1 Å². The topological polar surface area (TPSA) is 56.3 Å². The highest BCUT2D eigenvalue weighted by atomic mass is 16.5. The Morgan fingerprint density at radius 3 is 2.90 bits per heavy atom. The van der Waals surface area contributed by atoms with Crippen LogP contribution in [0, 0.1) is 0 Å². The summed E-state index contributed by atoms with van der Waals surface area (Å²) in [5.74, 6) is 1.04. The van der Waals surface area contributed by atoms with Gasteiger partial charge in [0, 0.05) is 31.5 Å². The van der Waals surface area contributed by atoms with E-state index in [9.17, 15) is 0 Å². The van der Waals surface area contributed by atoms with Crippen molar-refractivity contribution in [1.82, 2.24) is 9.97 Å². The third-order valence-electron chi connectivity index (χ3n) is 3.56. The predicted octanol–water partition coefficient (Wildman–Crippen LogP) is 2.21. The number of fused-ring (bicyclic) bond motifs is 1. The van der Waals surface area contributed by atoms with E-state index in [1.165, 1.54) is 24.1 Å².